The molecule has 123 heavy (non-hydrogen) atoms. The van der Waals surface area contributed by atoms with Crippen molar-refractivity contribution in [1.29, 1.82) is 0 Å². The van der Waals surface area contributed by atoms with Gasteiger partial charge in [0.1, 0.15) is 46.0 Å². The molecule has 12 heteroatoms. The third-order valence-electron chi connectivity index (χ3n) is 27.3. The van der Waals surface area contributed by atoms with E-state index < -0.39 is 30.9 Å². The molecule has 24 rings (SSSR count). The summed E-state index contributed by atoms with van der Waals surface area (Å²) < 4.78 is 31.2. The SMILES string of the molecule is Cc1ccccc1N1c2cc3c(cc2B2c4cc5c(cc4Oc4cc([Si](c6ccccc6)(c6ccccc6)c6ccccc6)cc1c42)Oc1cc([Si](c2ccccc2)(c2ccccc2)c2ccccc2)cc2c1B5c1ccccc1O2)B1c2ccccc2Oc2cc([Si](c4ccccc4)(c4ccccc4)c4ccccc4)cc(c21)N3c1c(C)cccc1C. The van der Waals surface area contributed by atoms with Gasteiger partial charge >= 0.3 is 0 Å². The standard InChI is InChI=1S/C111H79B3N2O4Si3/c1-74-38-31-34-61-95(74)115-96-72-97-92(112-89-59-32-35-62-100(89)117-104-66-87(65-99(109(104)112)116(97)111-75(2)39-37-40-76(111)3)122(80-47-19-7-20-48-80,81-49-21-8-22-50-81)82-51-23-9-24-52-82)70-91(96)114-94-71-93-102(73-103(94)119-105-67-86(64-98(115)108(105)114)121(77-41-13-4-14-42-77,78-43-15-5-16-44-78)79-45-17-6-18-46-79)120-107-69-88(68-106-110(107)113(93)90-60-33-36-63-101(90)118-106)123(83-53-25-10-26-54-83,84-55-27-11-28-56-84)85-57-29-12-30-58-85/h4-73H,1-3H3. The van der Waals surface area contributed by atoms with Crippen LogP contribution in [0, 0.1) is 20.8 Å². The lowest BCUT2D eigenvalue weighted by Gasteiger charge is -2.46. The Kier molecular flexibility index (Phi) is 16.9. The predicted molar refractivity (Wildman–Crippen MR) is 521 cm³/mol. The van der Waals surface area contributed by atoms with Gasteiger partial charge in [-0.1, -0.05) is 358 Å². The van der Waals surface area contributed by atoms with Crippen LogP contribution in [0.3, 0.4) is 0 Å². The zero-order chi connectivity index (χ0) is 81.7. The molecule has 0 saturated heterocycles. The van der Waals surface area contributed by atoms with Crippen LogP contribution >= 0.6 is 0 Å². The maximum Gasteiger partial charge on any atom is 0.260 e. The number of rotatable bonds is 14. The minimum Gasteiger partial charge on any atom is -0.458 e. The first-order valence-electron chi connectivity index (χ1n) is 42.8. The molecule has 0 unspecified atom stereocenters. The van der Waals surface area contributed by atoms with Crippen molar-refractivity contribution in [3.05, 3.63) is 441 Å². The van der Waals surface area contributed by atoms with Crippen LogP contribution < -0.4 is 140 Å². The number of hydrogen-bond acceptors (Lipinski definition) is 6. The van der Waals surface area contributed by atoms with Gasteiger partial charge in [-0.3, -0.25) is 0 Å². The highest BCUT2D eigenvalue weighted by Gasteiger charge is 2.54. The molecule has 0 saturated carbocycles. The van der Waals surface area contributed by atoms with E-state index in [-0.39, 0.29) is 13.4 Å². The number of para-hydroxylation sites is 4. The van der Waals surface area contributed by atoms with Crippen molar-refractivity contribution in [3.8, 4) is 46.0 Å². The summed E-state index contributed by atoms with van der Waals surface area (Å²) >= 11 is 0. The van der Waals surface area contributed by atoms with E-state index in [4.69, 9.17) is 18.9 Å². The first-order valence-corrected chi connectivity index (χ1v) is 48.8. The largest absolute Gasteiger partial charge is 0.458 e. The van der Waals surface area contributed by atoms with Crippen molar-refractivity contribution < 1.29 is 18.9 Å². The van der Waals surface area contributed by atoms with E-state index in [1.807, 2.05) is 0 Å². The van der Waals surface area contributed by atoms with Crippen LogP contribution in [0.1, 0.15) is 16.7 Å². The predicted octanol–water partition coefficient (Wildman–Crippen LogP) is 12.3. The monoisotopic (exact) mass is 1620 g/mol. The van der Waals surface area contributed by atoms with E-state index >= 15 is 0 Å². The molecule has 0 amide bonds. The van der Waals surface area contributed by atoms with Crippen LogP contribution in [0.25, 0.3) is 0 Å². The van der Waals surface area contributed by atoms with Crippen LogP contribution in [0.5, 0.6) is 46.0 Å². The fourth-order valence-corrected chi connectivity index (χ4v) is 36.5. The van der Waals surface area contributed by atoms with E-state index in [0.717, 1.165) is 146 Å². The molecule has 0 bridgehead atoms. The minimum absolute atomic E-state index is 0.289. The Morgan fingerprint density at radius 3 is 0.829 bits per heavy atom. The third-order valence-corrected chi connectivity index (χ3v) is 41.5. The topological polar surface area (TPSA) is 43.4 Å². The summed E-state index contributed by atoms with van der Waals surface area (Å²) in [4.78, 5) is 5.29. The summed E-state index contributed by atoms with van der Waals surface area (Å²) in [5.74, 6) is 6.38. The number of anilines is 6. The van der Waals surface area contributed by atoms with Crippen molar-refractivity contribution in [2.45, 2.75) is 20.8 Å². The zero-order valence-electron chi connectivity index (χ0n) is 68.2. The van der Waals surface area contributed by atoms with Crippen LogP contribution in [-0.4, -0.2) is 44.4 Å². The fourth-order valence-electron chi connectivity index (χ4n) is 22.2. The van der Waals surface area contributed by atoms with Gasteiger partial charge in [0.2, 0.25) is 0 Å². The molecular weight excluding hydrogens is 1540 g/mol. The lowest BCUT2D eigenvalue weighted by atomic mass is 9.30. The Bertz CT molecular complexity index is 6960. The van der Waals surface area contributed by atoms with Gasteiger partial charge in [0, 0.05) is 40.0 Å². The van der Waals surface area contributed by atoms with Gasteiger partial charge in [-0.2, -0.15) is 0 Å². The van der Waals surface area contributed by atoms with Crippen molar-refractivity contribution in [1.82, 2.24) is 0 Å². The third kappa shape index (κ3) is 10.8. The molecule has 0 fully saturated rings. The Hall–Kier alpha value is -14.4. The van der Waals surface area contributed by atoms with E-state index in [0.29, 0.717) is 0 Å². The van der Waals surface area contributed by atoms with Gasteiger partial charge in [-0.25, -0.2) is 0 Å². The van der Waals surface area contributed by atoms with Crippen molar-refractivity contribution in [2.75, 3.05) is 9.80 Å². The fraction of sp³-hybridized carbons (Fsp3) is 0.0270. The molecule has 578 valence electrons. The van der Waals surface area contributed by atoms with Crippen molar-refractivity contribution >= 4 is 190 Å². The van der Waals surface area contributed by atoms with Gasteiger partial charge in [0.25, 0.3) is 20.1 Å². The zero-order valence-corrected chi connectivity index (χ0v) is 71.2. The molecule has 0 atom stereocenters. The van der Waals surface area contributed by atoms with Crippen LogP contribution in [-0.2, 0) is 0 Å². The Morgan fingerprint density at radius 2 is 0.455 bits per heavy atom. The second kappa shape index (κ2) is 28.6. The Morgan fingerprint density at radius 1 is 0.179 bits per heavy atom. The Balaban J connectivity index is 0.811. The maximum atomic E-state index is 8.16. The molecule has 6 aliphatic rings. The molecule has 0 radical (unpaired) electrons. The summed E-state index contributed by atoms with van der Waals surface area (Å²) in [5.41, 5.74) is 19.9. The lowest BCUT2D eigenvalue weighted by molar-refractivity contribution is 0.457. The summed E-state index contributed by atoms with van der Waals surface area (Å²) in [7, 11) is -9.78. The minimum atomic E-state index is -3.37. The van der Waals surface area contributed by atoms with Gasteiger partial charge in [-0.15, -0.1) is 0 Å². The van der Waals surface area contributed by atoms with E-state index in [1.54, 1.807) is 0 Å². The highest BCUT2D eigenvalue weighted by Crippen LogP contribution is 2.49. The summed E-state index contributed by atoms with van der Waals surface area (Å²) in [6.07, 6.45) is 0. The highest BCUT2D eigenvalue weighted by molar-refractivity contribution is 7.21. The van der Waals surface area contributed by atoms with Crippen LogP contribution in [0.15, 0.2) is 425 Å². The molecule has 6 aliphatic heterocycles. The first-order chi connectivity index (χ1) is 60.7. The average Bonchev–Trinajstić information content (AvgIpc) is 0.670. The lowest BCUT2D eigenvalue weighted by Crippen LogP contribution is -2.75. The molecule has 0 N–H and O–H groups in total. The first kappa shape index (κ1) is 72.6. The van der Waals surface area contributed by atoms with Crippen molar-refractivity contribution in [2.24, 2.45) is 0 Å². The van der Waals surface area contributed by atoms with Crippen molar-refractivity contribution in [3.63, 3.8) is 0 Å². The number of fused-ring (bicyclic) bond motifs is 12. The van der Waals surface area contributed by atoms with Gasteiger partial charge in [0.15, 0.2) is 24.2 Å². The van der Waals surface area contributed by atoms with Gasteiger partial charge in [0.05, 0.1) is 5.69 Å². The number of aryl methyl sites for hydroxylation is 3. The average molecular weight is 1620 g/mol. The maximum absolute atomic E-state index is 8.16. The van der Waals surface area contributed by atoms with Gasteiger partial charge < -0.3 is 28.7 Å². The number of hydrogen-bond donors (Lipinski definition) is 0. The highest BCUT2D eigenvalue weighted by atomic mass is 28.3. The summed E-state index contributed by atoms with van der Waals surface area (Å²) in [5, 5.41) is 15.0. The molecule has 18 aromatic carbocycles. The molecule has 6 heterocycles. The normalized spacial score (nSPS) is 13.3. The second-order valence-corrected chi connectivity index (χ2v) is 45.1. The van der Waals surface area contributed by atoms with E-state index in [1.165, 1.54) is 62.5 Å². The number of ether oxygens (including phenoxy) is 4. The molecule has 0 aliphatic carbocycles. The van der Waals surface area contributed by atoms with E-state index in [9.17, 15) is 0 Å². The number of benzene rings is 18. The second-order valence-electron chi connectivity index (χ2n) is 33.6. The molecule has 6 nitrogen and oxygen atoms in total. The van der Waals surface area contributed by atoms with Gasteiger partial charge in [-0.05, 0) is 204 Å². The van der Waals surface area contributed by atoms with Crippen LogP contribution in [0.2, 0.25) is 0 Å². The smallest absolute Gasteiger partial charge is 0.260 e. The summed E-state index contributed by atoms with van der Waals surface area (Å²) in [6.45, 7) is 5.87. The molecule has 0 aromatic heterocycles. The number of nitrogens with zero attached hydrogens (tertiary/aromatic N) is 2. The Labute approximate surface area is 721 Å². The van der Waals surface area contributed by atoms with E-state index in [2.05, 4.69) is 455 Å². The molecule has 18 aromatic rings. The van der Waals surface area contributed by atoms with Crippen LogP contribution in [0.4, 0.5) is 34.1 Å². The molecule has 0 spiro atoms. The molecular formula is C111H79B3N2O4Si3. The quantitative estimate of drug-likeness (QED) is 0.0798. The summed E-state index contributed by atoms with van der Waals surface area (Å²) in [6, 6.07) is 160.